The fourth-order valence-corrected chi connectivity index (χ4v) is 1.80. The molecule has 1 aromatic rings. The highest BCUT2D eigenvalue weighted by molar-refractivity contribution is 5.76. The van der Waals surface area contributed by atoms with Crippen molar-refractivity contribution in [3.8, 4) is 0 Å². The molecule has 1 N–H and O–H groups in total. The van der Waals surface area contributed by atoms with Crippen molar-refractivity contribution < 1.29 is 9.18 Å². The molecule has 0 aromatic heterocycles. The van der Waals surface area contributed by atoms with E-state index in [1.807, 2.05) is 6.92 Å². The number of hydrogen-bond acceptors (Lipinski definition) is 1. The van der Waals surface area contributed by atoms with Crippen LogP contribution in [-0.2, 0) is 11.2 Å². The lowest BCUT2D eigenvalue weighted by molar-refractivity contribution is -0.121. The van der Waals surface area contributed by atoms with Crippen LogP contribution in [0.15, 0.2) is 24.3 Å². The van der Waals surface area contributed by atoms with Crippen molar-refractivity contribution in [1.29, 1.82) is 0 Å². The van der Waals surface area contributed by atoms with E-state index in [1.54, 1.807) is 18.2 Å². The maximum absolute atomic E-state index is 13.3. The van der Waals surface area contributed by atoms with Gasteiger partial charge in [-0.05, 0) is 31.4 Å². The normalized spacial score (nSPS) is 12.2. The van der Waals surface area contributed by atoms with Gasteiger partial charge < -0.3 is 5.32 Å². The lowest BCUT2D eigenvalue weighted by Gasteiger charge is -2.12. The number of amides is 1. The molecule has 0 bridgehead atoms. The van der Waals surface area contributed by atoms with Gasteiger partial charge in [0.1, 0.15) is 5.82 Å². The predicted molar refractivity (Wildman–Crippen MR) is 67.2 cm³/mol. The van der Waals surface area contributed by atoms with Crippen molar-refractivity contribution in [3.05, 3.63) is 35.6 Å². The summed E-state index contributed by atoms with van der Waals surface area (Å²) in [5, 5.41) is 2.91. The first-order valence-corrected chi connectivity index (χ1v) is 6.16. The molecule has 1 atom stereocenters. The maximum atomic E-state index is 13.3. The lowest BCUT2D eigenvalue weighted by Crippen LogP contribution is -2.32. The first-order chi connectivity index (χ1) is 8.13. The number of nitrogens with one attached hydrogen (secondary N) is 1. The van der Waals surface area contributed by atoms with E-state index in [-0.39, 0.29) is 17.8 Å². The third-order valence-electron chi connectivity index (χ3n) is 2.71. The lowest BCUT2D eigenvalue weighted by atomic mass is 10.1. The summed E-state index contributed by atoms with van der Waals surface area (Å²) in [6.45, 7) is 4.08. The molecule has 0 aliphatic rings. The zero-order valence-corrected chi connectivity index (χ0v) is 10.5. The third kappa shape index (κ3) is 4.98. The zero-order chi connectivity index (χ0) is 12.7. The Hall–Kier alpha value is -1.38. The smallest absolute Gasteiger partial charge is 0.220 e. The van der Waals surface area contributed by atoms with Gasteiger partial charge in [-0.25, -0.2) is 4.39 Å². The van der Waals surface area contributed by atoms with E-state index in [0.717, 1.165) is 12.8 Å². The van der Waals surface area contributed by atoms with Gasteiger partial charge in [0.25, 0.3) is 0 Å². The van der Waals surface area contributed by atoms with Crippen LogP contribution in [-0.4, -0.2) is 11.9 Å². The van der Waals surface area contributed by atoms with E-state index < -0.39 is 0 Å². The second-order valence-electron chi connectivity index (χ2n) is 4.35. The quantitative estimate of drug-likeness (QED) is 0.809. The van der Waals surface area contributed by atoms with Gasteiger partial charge in [0, 0.05) is 12.5 Å². The summed E-state index contributed by atoms with van der Waals surface area (Å²) in [6, 6.07) is 6.79. The number of hydrogen-bond donors (Lipinski definition) is 1. The Labute approximate surface area is 102 Å². The van der Waals surface area contributed by atoms with Crippen LogP contribution in [0.3, 0.4) is 0 Å². The summed E-state index contributed by atoms with van der Waals surface area (Å²) in [5.74, 6) is -0.240. The summed E-state index contributed by atoms with van der Waals surface area (Å²) in [4.78, 5) is 11.6. The minimum atomic E-state index is -0.234. The summed E-state index contributed by atoms with van der Waals surface area (Å²) in [5.41, 5.74) is 0.603. The topological polar surface area (TPSA) is 29.1 Å². The van der Waals surface area contributed by atoms with Gasteiger partial charge in [0.2, 0.25) is 5.91 Å². The molecular formula is C14H20FNO. The van der Waals surface area contributed by atoms with Gasteiger partial charge in [-0.1, -0.05) is 31.5 Å². The van der Waals surface area contributed by atoms with Crippen LogP contribution in [0.25, 0.3) is 0 Å². The molecule has 0 unspecified atom stereocenters. The molecule has 3 heteroatoms. The molecule has 0 radical (unpaired) electrons. The van der Waals surface area contributed by atoms with E-state index in [0.29, 0.717) is 18.4 Å². The number of halogens is 1. The molecule has 2 nitrogen and oxygen atoms in total. The van der Waals surface area contributed by atoms with Crippen LogP contribution in [0, 0.1) is 5.82 Å². The standard InChI is InChI=1S/C14H20FNO/c1-3-6-11(2)16-14(17)10-9-12-7-4-5-8-13(12)15/h4-5,7-8,11H,3,6,9-10H2,1-2H3,(H,16,17)/t11-/m0/s1. The fraction of sp³-hybridized carbons (Fsp3) is 0.500. The molecule has 0 aliphatic heterocycles. The largest absolute Gasteiger partial charge is 0.354 e. The van der Waals surface area contributed by atoms with Crippen molar-refractivity contribution in [1.82, 2.24) is 5.32 Å². The minimum Gasteiger partial charge on any atom is -0.354 e. The number of rotatable bonds is 6. The molecule has 1 aromatic carbocycles. The molecule has 0 fully saturated rings. The van der Waals surface area contributed by atoms with Crippen molar-refractivity contribution >= 4 is 5.91 Å². The number of carbonyl (C=O) groups is 1. The summed E-state index contributed by atoms with van der Waals surface area (Å²) in [6.07, 6.45) is 2.83. The summed E-state index contributed by atoms with van der Waals surface area (Å²) in [7, 11) is 0. The van der Waals surface area contributed by atoms with E-state index >= 15 is 0 Å². The highest BCUT2D eigenvalue weighted by Crippen LogP contribution is 2.08. The van der Waals surface area contributed by atoms with Crippen molar-refractivity contribution in [2.24, 2.45) is 0 Å². The van der Waals surface area contributed by atoms with Gasteiger partial charge in [0.05, 0.1) is 0 Å². The number of aryl methyl sites for hydroxylation is 1. The average Bonchev–Trinajstić information content (AvgIpc) is 2.28. The van der Waals surface area contributed by atoms with Gasteiger partial charge in [-0.2, -0.15) is 0 Å². The molecule has 17 heavy (non-hydrogen) atoms. The van der Waals surface area contributed by atoms with Gasteiger partial charge >= 0.3 is 0 Å². The van der Waals surface area contributed by atoms with Crippen LogP contribution < -0.4 is 5.32 Å². The van der Waals surface area contributed by atoms with Crippen molar-refractivity contribution in [3.63, 3.8) is 0 Å². The van der Waals surface area contributed by atoms with Crippen LogP contribution >= 0.6 is 0 Å². The molecule has 1 amide bonds. The second-order valence-corrected chi connectivity index (χ2v) is 4.35. The SMILES string of the molecule is CCC[C@H](C)NC(=O)CCc1ccccc1F. The van der Waals surface area contributed by atoms with Gasteiger partial charge in [-0.3, -0.25) is 4.79 Å². The van der Waals surface area contributed by atoms with E-state index in [4.69, 9.17) is 0 Å². The first kappa shape index (κ1) is 13.7. The highest BCUT2D eigenvalue weighted by atomic mass is 19.1. The Morgan fingerprint density at radius 3 is 2.76 bits per heavy atom. The van der Waals surface area contributed by atoms with Crippen molar-refractivity contribution in [2.75, 3.05) is 0 Å². The van der Waals surface area contributed by atoms with Crippen LogP contribution in [0.4, 0.5) is 4.39 Å². The number of carbonyl (C=O) groups excluding carboxylic acids is 1. The summed E-state index contributed by atoms with van der Waals surface area (Å²) >= 11 is 0. The molecule has 94 valence electrons. The zero-order valence-electron chi connectivity index (χ0n) is 10.5. The van der Waals surface area contributed by atoms with Crippen LogP contribution in [0.5, 0.6) is 0 Å². The molecular weight excluding hydrogens is 217 g/mol. The molecule has 0 spiro atoms. The van der Waals surface area contributed by atoms with Crippen molar-refractivity contribution in [2.45, 2.75) is 45.6 Å². The van der Waals surface area contributed by atoms with Gasteiger partial charge in [-0.15, -0.1) is 0 Å². The maximum Gasteiger partial charge on any atom is 0.220 e. The van der Waals surface area contributed by atoms with E-state index in [2.05, 4.69) is 12.2 Å². The second kappa shape index (κ2) is 7.05. The first-order valence-electron chi connectivity index (χ1n) is 6.16. The molecule has 0 saturated heterocycles. The molecule has 0 saturated carbocycles. The monoisotopic (exact) mass is 237 g/mol. The Morgan fingerprint density at radius 1 is 1.41 bits per heavy atom. The van der Waals surface area contributed by atoms with E-state index in [1.165, 1.54) is 6.07 Å². The van der Waals surface area contributed by atoms with Gasteiger partial charge in [0.15, 0.2) is 0 Å². The number of benzene rings is 1. The Bertz CT molecular complexity index is 365. The summed E-state index contributed by atoms with van der Waals surface area (Å²) < 4.78 is 13.3. The highest BCUT2D eigenvalue weighted by Gasteiger charge is 2.08. The Balaban J connectivity index is 2.36. The fourth-order valence-electron chi connectivity index (χ4n) is 1.80. The van der Waals surface area contributed by atoms with Crippen LogP contribution in [0.1, 0.15) is 38.7 Å². The Morgan fingerprint density at radius 2 is 2.12 bits per heavy atom. The Kier molecular flexibility index (Phi) is 5.67. The molecule has 1 rings (SSSR count). The molecule has 0 heterocycles. The average molecular weight is 237 g/mol. The molecule has 0 aliphatic carbocycles. The third-order valence-corrected chi connectivity index (χ3v) is 2.71. The van der Waals surface area contributed by atoms with E-state index in [9.17, 15) is 9.18 Å². The predicted octanol–water partition coefficient (Wildman–Crippen LogP) is 3.06. The minimum absolute atomic E-state index is 0.00537. The van der Waals surface area contributed by atoms with Crippen LogP contribution in [0.2, 0.25) is 0 Å².